The molecule has 22 heavy (non-hydrogen) atoms. The highest BCUT2D eigenvalue weighted by molar-refractivity contribution is 7.91. The lowest BCUT2D eigenvalue weighted by molar-refractivity contribution is -0.118. The maximum atomic E-state index is 12.1. The van der Waals surface area contributed by atoms with Gasteiger partial charge in [-0.05, 0) is 24.3 Å². The second-order valence-corrected chi connectivity index (χ2v) is 7.47. The molecule has 0 unspecified atom stereocenters. The van der Waals surface area contributed by atoms with Crippen LogP contribution in [0.25, 0.3) is 0 Å². The first kappa shape index (κ1) is 16.9. The molecule has 0 aliphatic carbocycles. The highest BCUT2D eigenvalue weighted by atomic mass is 35.5. The van der Waals surface area contributed by atoms with Gasteiger partial charge in [0.25, 0.3) is 0 Å². The van der Waals surface area contributed by atoms with Gasteiger partial charge in [-0.15, -0.1) is 0 Å². The first-order valence-corrected chi connectivity index (χ1v) is 8.87. The Labute approximate surface area is 138 Å². The molecule has 0 atom stereocenters. The predicted octanol–water partition coefficient (Wildman–Crippen LogP) is 2.82. The van der Waals surface area contributed by atoms with Crippen molar-refractivity contribution >= 4 is 38.9 Å². The molecule has 0 bridgehead atoms. The van der Waals surface area contributed by atoms with Gasteiger partial charge in [0.05, 0.1) is 18.6 Å². The van der Waals surface area contributed by atoms with Crippen molar-refractivity contribution < 1.29 is 17.6 Å². The zero-order valence-electron chi connectivity index (χ0n) is 11.4. The molecule has 1 aromatic heterocycles. The van der Waals surface area contributed by atoms with Crippen LogP contribution in [0, 0.1) is 0 Å². The standard InChI is InChI=1S/C14H13Cl2NO4S/c15-12-4-1-5-13(16)11(12)8-22(19,20)9-14(18)17-7-10-3-2-6-21-10/h1-6H,7-9H2,(H,17,18). The zero-order valence-corrected chi connectivity index (χ0v) is 13.7. The van der Waals surface area contributed by atoms with E-state index in [0.717, 1.165) is 0 Å². The van der Waals surface area contributed by atoms with E-state index in [4.69, 9.17) is 27.6 Å². The lowest BCUT2D eigenvalue weighted by Crippen LogP contribution is -2.30. The van der Waals surface area contributed by atoms with Gasteiger partial charge in [-0.3, -0.25) is 4.79 Å². The largest absolute Gasteiger partial charge is 0.467 e. The highest BCUT2D eigenvalue weighted by Crippen LogP contribution is 2.26. The van der Waals surface area contributed by atoms with E-state index < -0.39 is 21.5 Å². The molecule has 2 aromatic rings. The number of sulfone groups is 1. The molecule has 5 nitrogen and oxygen atoms in total. The molecule has 8 heteroatoms. The van der Waals surface area contributed by atoms with Crippen molar-refractivity contribution in [2.75, 3.05) is 5.75 Å². The molecular weight excluding hydrogens is 349 g/mol. The van der Waals surface area contributed by atoms with Crippen LogP contribution in [0.2, 0.25) is 10.0 Å². The van der Waals surface area contributed by atoms with Crippen LogP contribution in [0.4, 0.5) is 0 Å². The monoisotopic (exact) mass is 361 g/mol. The van der Waals surface area contributed by atoms with E-state index in [9.17, 15) is 13.2 Å². The summed E-state index contributed by atoms with van der Waals surface area (Å²) in [6.45, 7) is 0.133. The van der Waals surface area contributed by atoms with Gasteiger partial charge in [0.2, 0.25) is 5.91 Å². The fraction of sp³-hybridized carbons (Fsp3) is 0.214. The fourth-order valence-corrected chi connectivity index (χ4v) is 3.83. The Morgan fingerprint density at radius 3 is 2.41 bits per heavy atom. The number of hydrogen-bond acceptors (Lipinski definition) is 4. The summed E-state index contributed by atoms with van der Waals surface area (Å²) in [5, 5.41) is 2.99. The molecule has 1 heterocycles. The number of hydrogen-bond donors (Lipinski definition) is 1. The van der Waals surface area contributed by atoms with Crippen LogP contribution < -0.4 is 5.32 Å². The Kier molecular flexibility index (Phi) is 5.50. The van der Waals surface area contributed by atoms with Crippen LogP contribution in [0.5, 0.6) is 0 Å². The summed E-state index contributed by atoms with van der Waals surface area (Å²) in [7, 11) is -3.68. The van der Waals surface area contributed by atoms with Gasteiger partial charge >= 0.3 is 0 Å². The topological polar surface area (TPSA) is 76.4 Å². The van der Waals surface area contributed by atoms with Gasteiger partial charge in [0.15, 0.2) is 9.84 Å². The summed E-state index contributed by atoms with van der Waals surface area (Å²) >= 11 is 11.9. The van der Waals surface area contributed by atoms with Gasteiger partial charge in [-0.1, -0.05) is 29.3 Å². The van der Waals surface area contributed by atoms with E-state index in [-0.39, 0.29) is 22.3 Å². The third-order valence-electron chi connectivity index (χ3n) is 2.82. The van der Waals surface area contributed by atoms with Crippen molar-refractivity contribution in [3.05, 3.63) is 58.0 Å². The average molecular weight is 362 g/mol. The minimum Gasteiger partial charge on any atom is -0.467 e. The Bertz CT molecular complexity index is 737. The second-order valence-electron chi connectivity index (χ2n) is 4.59. The van der Waals surface area contributed by atoms with Crippen molar-refractivity contribution in [3.63, 3.8) is 0 Å². The molecule has 0 spiro atoms. The van der Waals surface area contributed by atoms with Crippen molar-refractivity contribution in [2.24, 2.45) is 0 Å². The summed E-state index contributed by atoms with van der Waals surface area (Å²) < 4.78 is 29.2. The number of amides is 1. The molecule has 2 rings (SSSR count). The zero-order chi connectivity index (χ0) is 16.2. The third kappa shape index (κ3) is 4.76. The molecule has 0 radical (unpaired) electrons. The van der Waals surface area contributed by atoms with E-state index in [1.165, 1.54) is 6.26 Å². The SMILES string of the molecule is O=C(CS(=O)(=O)Cc1c(Cl)cccc1Cl)NCc1ccco1. The second kappa shape index (κ2) is 7.17. The maximum absolute atomic E-state index is 12.1. The number of nitrogens with one attached hydrogen (secondary N) is 1. The van der Waals surface area contributed by atoms with Gasteiger partial charge in [0, 0.05) is 15.6 Å². The van der Waals surface area contributed by atoms with Crippen molar-refractivity contribution in [1.82, 2.24) is 5.32 Å². The summed E-state index contributed by atoms with van der Waals surface area (Å²) in [4.78, 5) is 11.7. The minimum absolute atomic E-state index is 0.133. The molecule has 0 aliphatic heterocycles. The van der Waals surface area contributed by atoms with Crippen LogP contribution >= 0.6 is 23.2 Å². The van der Waals surface area contributed by atoms with Crippen LogP contribution in [0.3, 0.4) is 0 Å². The van der Waals surface area contributed by atoms with Gasteiger partial charge < -0.3 is 9.73 Å². The smallest absolute Gasteiger partial charge is 0.235 e. The number of benzene rings is 1. The van der Waals surface area contributed by atoms with E-state index in [0.29, 0.717) is 11.3 Å². The van der Waals surface area contributed by atoms with Gasteiger partial charge in [-0.2, -0.15) is 0 Å². The normalized spacial score (nSPS) is 11.4. The average Bonchev–Trinajstić information content (AvgIpc) is 2.94. The number of halogens is 2. The quantitative estimate of drug-likeness (QED) is 0.857. The predicted molar refractivity (Wildman–Crippen MR) is 84.5 cm³/mol. The molecule has 0 aliphatic rings. The van der Waals surface area contributed by atoms with Crippen LogP contribution in [0.1, 0.15) is 11.3 Å². The summed E-state index contributed by atoms with van der Waals surface area (Å²) in [5.41, 5.74) is 0.296. The lowest BCUT2D eigenvalue weighted by Gasteiger charge is -2.08. The number of furan rings is 1. The molecule has 0 saturated heterocycles. The molecule has 1 aromatic carbocycles. The molecule has 1 N–H and O–H groups in total. The van der Waals surface area contributed by atoms with Gasteiger partial charge in [-0.25, -0.2) is 8.42 Å². The highest BCUT2D eigenvalue weighted by Gasteiger charge is 2.20. The Morgan fingerprint density at radius 2 is 1.82 bits per heavy atom. The molecule has 1 amide bonds. The molecule has 118 valence electrons. The number of rotatable bonds is 6. The van der Waals surface area contributed by atoms with Crippen molar-refractivity contribution in [3.8, 4) is 0 Å². The number of carbonyl (C=O) groups is 1. The fourth-order valence-electron chi connectivity index (χ4n) is 1.79. The first-order chi connectivity index (χ1) is 10.4. The first-order valence-electron chi connectivity index (χ1n) is 6.30. The summed E-state index contributed by atoms with van der Waals surface area (Å²) in [6.07, 6.45) is 1.47. The van der Waals surface area contributed by atoms with Crippen molar-refractivity contribution in [1.29, 1.82) is 0 Å². The summed E-state index contributed by atoms with van der Waals surface area (Å²) in [6, 6.07) is 8.08. The van der Waals surface area contributed by atoms with Crippen LogP contribution in [-0.2, 0) is 26.9 Å². The molecular formula is C14H13Cl2NO4S. The maximum Gasteiger partial charge on any atom is 0.235 e. The summed E-state index contributed by atoms with van der Waals surface area (Å²) in [5.74, 6) is -1.10. The van der Waals surface area contributed by atoms with E-state index in [2.05, 4.69) is 5.32 Å². The Balaban J connectivity index is 1.97. The Hall–Kier alpha value is -1.50. The molecule has 0 saturated carbocycles. The van der Waals surface area contributed by atoms with Crippen LogP contribution in [0.15, 0.2) is 41.0 Å². The molecule has 0 fully saturated rings. The van der Waals surface area contributed by atoms with Gasteiger partial charge in [0.1, 0.15) is 11.5 Å². The van der Waals surface area contributed by atoms with E-state index in [1.807, 2.05) is 0 Å². The van der Waals surface area contributed by atoms with Crippen LogP contribution in [-0.4, -0.2) is 20.1 Å². The van der Waals surface area contributed by atoms with E-state index in [1.54, 1.807) is 30.3 Å². The minimum atomic E-state index is -3.68. The lowest BCUT2D eigenvalue weighted by atomic mass is 10.2. The van der Waals surface area contributed by atoms with Crippen molar-refractivity contribution in [2.45, 2.75) is 12.3 Å². The Morgan fingerprint density at radius 1 is 1.14 bits per heavy atom. The van der Waals surface area contributed by atoms with E-state index >= 15 is 0 Å². The number of carbonyl (C=O) groups excluding carboxylic acids is 1. The third-order valence-corrected chi connectivity index (χ3v) is 4.96.